The molecule has 0 unspecified atom stereocenters. The lowest BCUT2D eigenvalue weighted by Gasteiger charge is -2.35. The molecule has 0 atom stereocenters. The third-order valence-corrected chi connectivity index (χ3v) is 7.11. The molecular formula is C29H32Cl2N2O2. The van der Waals surface area contributed by atoms with E-state index < -0.39 is 0 Å². The van der Waals surface area contributed by atoms with E-state index in [4.69, 9.17) is 27.9 Å². The van der Waals surface area contributed by atoms with E-state index in [1.54, 1.807) is 0 Å². The molecule has 1 heterocycles. The molecule has 1 aliphatic rings. The van der Waals surface area contributed by atoms with E-state index in [1.165, 1.54) is 5.56 Å². The zero-order valence-electron chi connectivity index (χ0n) is 20.6. The van der Waals surface area contributed by atoms with Gasteiger partial charge >= 0.3 is 0 Å². The van der Waals surface area contributed by atoms with Crippen molar-refractivity contribution in [1.82, 2.24) is 9.80 Å². The molecule has 3 aromatic carbocycles. The molecule has 0 saturated carbocycles. The third-order valence-electron chi connectivity index (χ3n) is 6.40. The van der Waals surface area contributed by atoms with Gasteiger partial charge in [0.1, 0.15) is 12.4 Å². The van der Waals surface area contributed by atoms with Crippen LogP contribution in [0.15, 0.2) is 66.7 Å². The average Bonchev–Trinajstić information content (AvgIpc) is 2.85. The standard InChI is InChI=1S/C29H32Cl2N2O2/c1-29(2,3)23-10-12-24(13-11-23)35-20-21-6-4-7-22(18-21)28(34)33-16-14-32(15-17-33)19-25-26(30)8-5-9-27(25)31/h4-13,18H,14-17,19-20H2,1-3H3. The van der Waals surface area contributed by atoms with Crippen LogP contribution in [0.5, 0.6) is 5.75 Å². The molecule has 4 rings (SSSR count). The summed E-state index contributed by atoms with van der Waals surface area (Å²) in [4.78, 5) is 17.4. The number of ether oxygens (including phenoxy) is 1. The second-order valence-electron chi connectivity index (χ2n) is 10.0. The van der Waals surface area contributed by atoms with Gasteiger partial charge in [0.05, 0.1) is 0 Å². The van der Waals surface area contributed by atoms with E-state index in [2.05, 4.69) is 37.8 Å². The molecule has 6 heteroatoms. The zero-order chi connectivity index (χ0) is 25.0. The van der Waals surface area contributed by atoms with E-state index in [9.17, 15) is 4.79 Å². The molecule has 0 radical (unpaired) electrons. The van der Waals surface area contributed by atoms with Crippen molar-refractivity contribution in [3.63, 3.8) is 0 Å². The monoisotopic (exact) mass is 510 g/mol. The van der Waals surface area contributed by atoms with Crippen molar-refractivity contribution in [2.75, 3.05) is 26.2 Å². The number of hydrogen-bond acceptors (Lipinski definition) is 3. The molecule has 1 aliphatic heterocycles. The minimum atomic E-state index is 0.0526. The van der Waals surface area contributed by atoms with Crippen LogP contribution < -0.4 is 4.74 Å². The summed E-state index contributed by atoms with van der Waals surface area (Å²) < 4.78 is 5.98. The molecule has 0 N–H and O–H groups in total. The molecule has 0 aromatic heterocycles. The van der Waals surface area contributed by atoms with Gasteiger partial charge in [0, 0.05) is 53.9 Å². The number of hydrogen-bond donors (Lipinski definition) is 0. The largest absolute Gasteiger partial charge is 0.489 e. The summed E-state index contributed by atoms with van der Waals surface area (Å²) in [5.41, 5.74) is 3.99. The Morgan fingerprint density at radius 3 is 2.14 bits per heavy atom. The topological polar surface area (TPSA) is 32.8 Å². The van der Waals surface area contributed by atoms with Crippen LogP contribution in [0.3, 0.4) is 0 Å². The van der Waals surface area contributed by atoms with Crippen LogP contribution in [0.25, 0.3) is 0 Å². The highest BCUT2D eigenvalue weighted by Gasteiger charge is 2.23. The Hall–Kier alpha value is -2.53. The number of carbonyl (C=O) groups is 1. The molecule has 35 heavy (non-hydrogen) atoms. The number of rotatable bonds is 6. The summed E-state index contributed by atoms with van der Waals surface area (Å²) >= 11 is 12.7. The van der Waals surface area contributed by atoms with Crippen LogP contribution in [-0.4, -0.2) is 41.9 Å². The number of piperazine rings is 1. The van der Waals surface area contributed by atoms with Gasteiger partial charge in [0.25, 0.3) is 5.91 Å². The van der Waals surface area contributed by atoms with Gasteiger partial charge in [-0.15, -0.1) is 0 Å². The highest BCUT2D eigenvalue weighted by Crippen LogP contribution is 2.27. The molecule has 1 amide bonds. The Kier molecular flexibility index (Phi) is 8.05. The first-order valence-electron chi connectivity index (χ1n) is 12.0. The third kappa shape index (κ3) is 6.58. The van der Waals surface area contributed by atoms with E-state index in [1.807, 2.05) is 59.5 Å². The van der Waals surface area contributed by atoms with Crippen molar-refractivity contribution in [1.29, 1.82) is 0 Å². The quantitative estimate of drug-likeness (QED) is 0.364. The lowest BCUT2D eigenvalue weighted by Crippen LogP contribution is -2.48. The second-order valence-corrected chi connectivity index (χ2v) is 10.8. The van der Waals surface area contributed by atoms with Crippen molar-refractivity contribution in [3.8, 4) is 5.75 Å². The van der Waals surface area contributed by atoms with Crippen LogP contribution in [0, 0.1) is 0 Å². The molecule has 0 bridgehead atoms. The Bertz CT molecular complexity index is 1140. The Balaban J connectivity index is 1.32. The lowest BCUT2D eigenvalue weighted by atomic mass is 9.87. The summed E-state index contributed by atoms with van der Waals surface area (Å²) in [6.45, 7) is 10.6. The van der Waals surface area contributed by atoms with Gasteiger partial charge in [-0.05, 0) is 52.9 Å². The normalized spacial score (nSPS) is 14.7. The first-order valence-corrected chi connectivity index (χ1v) is 12.7. The summed E-state index contributed by atoms with van der Waals surface area (Å²) in [7, 11) is 0. The summed E-state index contributed by atoms with van der Waals surface area (Å²) in [5, 5.41) is 1.36. The number of carbonyl (C=O) groups excluding carboxylic acids is 1. The molecule has 0 spiro atoms. The first kappa shape index (κ1) is 25.6. The molecule has 3 aromatic rings. The molecule has 1 saturated heterocycles. The van der Waals surface area contributed by atoms with Crippen LogP contribution in [0.2, 0.25) is 10.0 Å². The van der Waals surface area contributed by atoms with Crippen LogP contribution in [0.4, 0.5) is 0 Å². The van der Waals surface area contributed by atoms with E-state index in [0.717, 1.165) is 30.0 Å². The van der Waals surface area contributed by atoms with Crippen LogP contribution >= 0.6 is 23.2 Å². The molecule has 184 valence electrons. The predicted octanol–water partition coefficient (Wildman–Crippen LogP) is 6.83. The summed E-state index contributed by atoms with van der Waals surface area (Å²) in [6, 6.07) is 21.5. The van der Waals surface area contributed by atoms with Crippen LogP contribution in [0.1, 0.15) is 47.8 Å². The van der Waals surface area contributed by atoms with Crippen molar-refractivity contribution >= 4 is 29.1 Å². The van der Waals surface area contributed by atoms with Crippen molar-refractivity contribution in [2.45, 2.75) is 39.3 Å². The van der Waals surface area contributed by atoms with E-state index in [0.29, 0.717) is 41.8 Å². The Morgan fingerprint density at radius 2 is 1.51 bits per heavy atom. The van der Waals surface area contributed by atoms with Gasteiger partial charge in [-0.2, -0.15) is 0 Å². The van der Waals surface area contributed by atoms with Gasteiger partial charge in [0.15, 0.2) is 0 Å². The highest BCUT2D eigenvalue weighted by atomic mass is 35.5. The maximum atomic E-state index is 13.2. The molecule has 1 fully saturated rings. The lowest BCUT2D eigenvalue weighted by molar-refractivity contribution is 0.0628. The minimum absolute atomic E-state index is 0.0526. The fraction of sp³-hybridized carbons (Fsp3) is 0.345. The predicted molar refractivity (Wildman–Crippen MR) is 144 cm³/mol. The average molecular weight is 511 g/mol. The van der Waals surface area contributed by atoms with Crippen molar-refractivity contribution < 1.29 is 9.53 Å². The van der Waals surface area contributed by atoms with Crippen molar-refractivity contribution in [2.24, 2.45) is 0 Å². The number of halogens is 2. The minimum Gasteiger partial charge on any atom is -0.489 e. The first-order chi connectivity index (χ1) is 16.7. The number of nitrogens with zero attached hydrogens (tertiary/aromatic N) is 2. The zero-order valence-corrected chi connectivity index (χ0v) is 22.1. The van der Waals surface area contributed by atoms with Gasteiger partial charge in [-0.3, -0.25) is 9.69 Å². The number of amides is 1. The summed E-state index contributed by atoms with van der Waals surface area (Å²) in [6.07, 6.45) is 0. The van der Waals surface area contributed by atoms with E-state index in [-0.39, 0.29) is 11.3 Å². The Morgan fingerprint density at radius 1 is 0.886 bits per heavy atom. The van der Waals surface area contributed by atoms with Crippen molar-refractivity contribution in [3.05, 3.63) is 99.0 Å². The smallest absolute Gasteiger partial charge is 0.253 e. The highest BCUT2D eigenvalue weighted by molar-refractivity contribution is 6.35. The maximum absolute atomic E-state index is 13.2. The van der Waals surface area contributed by atoms with E-state index >= 15 is 0 Å². The number of benzene rings is 3. The fourth-order valence-corrected chi connectivity index (χ4v) is 4.73. The summed E-state index contributed by atoms with van der Waals surface area (Å²) in [5.74, 6) is 0.876. The second kappa shape index (κ2) is 11.0. The van der Waals surface area contributed by atoms with Gasteiger partial charge in [0.2, 0.25) is 0 Å². The van der Waals surface area contributed by atoms with Crippen LogP contribution in [-0.2, 0) is 18.6 Å². The maximum Gasteiger partial charge on any atom is 0.253 e. The molecular weight excluding hydrogens is 479 g/mol. The molecule has 0 aliphatic carbocycles. The molecule has 4 nitrogen and oxygen atoms in total. The van der Waals surface area contributed by atoms with Gasteiger partial charge in [-0.25, -0.2) is 0 Å². The fourth-order valence-electron chi connectivity index (χ4n) is 4.21. The van der Waals surface area contributed by atoms with Gasteiger partial charge in [-0.1, -0.05) is 74.3 Å². The van der Waals surface area contributed by atoms with Gasteiger partial charge < -0.3 is 9.64 Å². The SMILES string of the molecule is CC(C)(C)c1ccc(OCc2cccc(C(=O)N3CCN(Cc4c(Cl)cccc4Cl)CC3)c2)cc1. The Labute approximate surface area is 218 Å².